The number of ether oxygens (including phenoxy) is 2. The van der Waals surface area contributed by atoms with Crippen molar-refractivity contribution < 1.29 is 19.4 Å². The zero-order valence-electron chi connectivity index (χ0n) is 17.1. The molecule has 0 saturated carbocycles. The number of hydrogen-bond acceptors (Lipinski definition) is 8. The number of carbonyl (C=O) groups is 1. The van der Waals surface area contributed by atoms with Crippen LogP contribution in [0, 0.1) is 11.8 Å². The standard InChI is InChI=1S/C22H23N5O4/c1-24-22-19-14-26-20(23)12-18(19)15(13-27-22)3-4-16-11-17(5-7-25-16)31-9-2-8-30-10-6-21(28)29/h5,7,11-14H,2,6,8-10H2,1H3,(H2,23,26)(H,24,27)(H,28,29). The number of fused-ring (bicyclic) bond motifs is 1. The Balaban J connectivity index is 1.65. The number of hydrogen-bond donors (Lipinski definition) is 3. The molecule has 4 N–H and O–H groups in total. The number of carboxylic acid groups (broad SMARTS) is 1. The first-order valence-electron chi connectivity index (χ1n) is 9.69. The highest BCUT2D eigenvalue weighted by atomic mass is 16.5. The van der Waals surface area contributed by atoms with Gasteiger partial charge in [0.1, 0.15) is 23.1 Å². The van der Waals surface area contributed by atoms with Gasteiger partial charge in [0.05, 0.1) is 25.2 Å². The normalized spacial score (nSPS) is 10.4. The van der Waals surface area contributed by atoms with E-state index >= 15 is 0 Å². The number of pyridine rings is 3. The highest BCUT2D eigenvalue weighted by Crippen LogP contribution is 2.24. The smallest absolute Gasteiger partial charge is 0.305 e. The number of nitrogens with one attached hydrogen (secondary N) is 1. The molecular formula is C22H23N5O4. The van der Waals surface area contributed by atoms with Crippen LogP contribution in [0.3, 0.4) is 0 Å². The molecule has 0 radical (unpaired) electrons. The predicted molar refractivity (Wildman–Crippen MR) is 117 cm³/mol. The van der Waals surface area contributed by atoms with E-state index in [1.165, 1.54) is 0 Å². The first-order valence-corrected chi connectivity index (χ1v) is 9.69. The van der Waals surface area contributed by atoms with Crippen LogP contribution in [0.1, 0.15) is 24.1 Å². The van der Waals surface area contributed by atoms with Crippen molar-refractivity contribution in [2.24, 2.45) is 0 Å². The van der Waals surface area contributed by atoms with Crippen LogP contribution in [-0.2, 0) is 9.53 Å². The molecule has 0 aliphatic carbocycles. The van der Waals surface area contributed by atoms with E-state index in [1.54, 1.807) is 43.8 Å². The average molecular weight is 421 g/mol. The van der Waals surface area contributed by atoms with E-state index in [4.69, 9.17) is 20.3 Å². The van der Waals surface area contributed by atoms with Crippen molar-refractivity contribution in [2.45, 2.75) is 12.8 Å². The zero-order valence-corrected chi connectivity index (χ0v) is 17.1. The fraction of sp³-hybridized carbons (Fsp3) is 0.273. The summed E-state index contributed by atoms with van der Waals surface area (Å²) in [6, 6.07) is 5.28. The third-order valence-electron chi connectivity index (χ3n) is 4.25. The number of nitrogens with two attached hydrogens (primary N) is 1. The van der Waals surface area contributed by atoms with Crippen LogP contribution < -0.4 is 15.8 Å². The number of aliphatic carboxylic acids is 1. The van der Waals surface area contributed by atoms with Crippen LogP contribution in [0.4, 0.5) is 11.6 Å². The molecule has 0 aromatic carbocycles. The second-order valence-corrected chi connectivity index (χ2v) is 6.51. The highest BCUT2D eigenvalue weighted by molar-refractivity contribution is 5.96. The Labute approximate surface area is 179 Å². The maximum atomic E-state index is 10.4. The predicted octanol–water partition coefficient (Wildman–Crippen LogP) is 2.31. The summed E-state index contributed by atoms with van der Waals surface area (Å²) >= 11 is 0. The van der Waals surface area contributed by atoms with Crippen molar-refractivity contribution in [3.8, 4) is 17.6 Å². The van der Waals surface area contributed by atoms with E-state index in [9.17, 15) is 4.79 Å². The molecule has 0 amide bonds. The summed E-state index contributed by atoms with van der Waals surface area (Å²) in [5, 5.41) is 13.3. The molecule has 0 fully saturated rings. The number of carboxylic acids is 1. The number of nitrogens with zero attached hydrogens (tertiary/aromatic N) is 3. The molecule has 3 heterocycles. The van der Waals surface area contributed by atoms with Crippen LogP contribution in [-0.4, -0.2) is 52.9 Å². The summed E-state index contributed by atoms with van der Waals surface area (Å²) in [4.78, 5) is 23.2. The minimum absolute atomic E-state index is 0.00116. The largest absolute Gasteiger partial charge is 0.493 e. The van der Waals surface area contributed by atoms with E-state index < -0.39 is 5.97 Å². The van der Waals surface area contributed by atoms with Crippen LogP contribution in [0.5, 0.6) is 5.75 Å². The Morgan fingerprint density at radius 1 is 1.13 bits per heavy atom. The number of nitrogen functional groups attached to an aromatic ring is 1. The Morgan fingerprint density at radius 2 is 2.00 bits per heavy atom. The zero-order chi connectivity index (χ0) is 22.1. The molecule has 0 aliphatic rings. The van der Waals surface area contributed by atoms with E-state index in [2.05, 4.69) is 32.1 Å². The molecule has 9 nitrogen and oxygen atoms in total. The van der Waals surface area contributed by atoms with Crippen molar-refractivity contribution in [1.82, 2.24) is 15.0 Å². The topological polar surface area (TPSA) is 132 Å². The molecule has 9 heteroatoms. The molecule has 0 atom stereocenters. The fourth-order valence-electron chi connectivity index (χ4n) is 2.76. The van der Waals surface area contributed by atoms with Gasteiger partial charge in [-0.2, -0.15) is 0 Å². The fourth-order valence-corrected chi connectivity index (χ4v) is 2.76. The minimum Gasteiger partial charge on any atom is -0.493 e. The Morgan fingerprint density at radius 3 is 2.81 bits per heavy atom. The lowest BCUT2D eigenvalue weighted by Gasteiger charge is -2.07. The Hall–Kier alpha value is -3.90. The molecule has 31 heavy (non-hydrogen) atoms. The molecule has 0 spiro atoms. The SMILES string of the molecule is CNc1ncc(C#Cc2cc(OCCCOCCC(=O)O)ccn2)c2cc(N)ncc12. The molecule has 0 saturated heterocycles. The highest BCUT2D eigenvalue weighted by Gasteiger charge is 2.07. The molecule has 0 bridgehead atoms. The lowest BCUT2D eigenvalue weighted by molar-refractivity contribution is -0.138. The van der Waals surface area contributed by atoms with Gasteiger partial charge in [0.2, 0.25) is 0 Å². The summed E-state index contributed by atoms with van der Waals surface area (Å²) < 4.78 is 10.9. The molecule has 3 aromatic rings. The molecule has 160 valence electrons. The Bertz CT molecular complexity index is 1120. The third kappa shape index (κ3) is 6.29. The van der Waals surface area contributed by atoms with Gasteiger partial charge in [-0.1, -0.05) is 5.92 Å². The minimum atomic E-state index is -0.872. The van der Waals surface area contributed by atoms with Gasteiger partial charge < -0.3 is 25.6 Å². The van der Waals surface area contributed by atoms with Gasteiger partial charge in [-0.15, -0.1) is 0 Å². The third-order valence-corrected chi connectivity index (χ3v) is 4.25. The van der Waals surface area contributed by atoms with Crippen molar-refractivity contribution in [1.29, 1.82) is 0 Å². The molecule has 3 aromatic heterocycles. The monoisotopic (exact) mass is 421 g/mol. The van der Waals surface area contributed by atoms with Crippen molar-refractivity contribution >= 4 is 28.4 Å². The van der Waals surface area contributed by atoms with Crippen LogP contribution in [0.2, 0.25) is 0 Å². The average Bonchev–Trinajstić information content (AvgIpc) is 2.76. The maximum absolute atomic E-state index is 10.4. The molecule has 3 rings (SSSR count). The van der Waals surface area contributed by atoms with E-state index in [-0.39, 0.29) is 13.0 Å². The molecular weight excluding hydrogens is 398 g/mol. The second kappa shape index (κ2) is 10.8. The van der Waals surface area contributed by atoms with Crippen LogP contribution in [0.15, 0.2) is 36.8 Å². The van der Waals surface area contributed by atoms with Gasteiger partial charge in [-0.3, -0.25) is 4.79 Å². The molecule has 0 unspecified atom stereocenters. The van der Waals surface area contributed by atoms with Crippen LogP contribution >= 0.6 is 0 Å². The van der Waals surface area contributed by atoms with E-state index in [0.717, 1.165) is 16.3 Å². The van der Waals surface area contributed by atoms with Crippen LogP contribution in [0.25, 0.3) is 10.8 Å². The summed E-state index contributed by atoms with van der Waals surface area (Å²) in [5.74, 6) is 7.02. The quantitative estimate of drug-likeness (QED) is 0.352. The summed E-state index contributed by atoms with van der Waals surface area (Å²) in [7, 11) is 1.79. The van der Waals surface area contributed by atoms with Gasteiger partial charge in [-0.25, -0.2) is 15.0 Å². The van der Waals surface area contributed by atoms with Gasteiger partial charge in [0.25, 0.3) is 0 Å². The first-order chi connectivity index (χ1) is 15.1. The lowest BCUT2D eigenvalue weighted by Crippen LogP contribution is -2.06. The van der Waals surface area contributed by atoms with Crippen molar-refractivity contribution in [3.05, 3.63) is 48.0 Å². The van der Waals surface area contributed by atoms with Crippen molar-refractivity contribution in [3.63, 3.8) is 0 Å². The number of rotatable bonds is 9. The first kappa shape index (κ1) is 21.8. The van der Waals surface area contributed by atoms with Crippen molar-refractivity contribution in [2.75, 3.05) is 37.9 Å². The Kier molecular flexibility index (Phi) is 7.56. The van der Waals surface area contributed by atoms with E-state index in [0.29, 0.717) is 42.7 Å². The number of aromatic nitrogens is 3. The summed E-state index contributed by atoms with van der Waals surface area (Å²) in [6.45, 7) is 1.08. The van der Waals surface area contributed by atoms with E-state index in [1.807, 2.05) is 0 Å². The maximum Gasteiger partial charge on any atom is 0.305 e. The lowest BCUT2D eigenvalue weighted by atomic mass is 10.1. The summed E-state index contributed by atoms with van der Waals surface area (Å²) in [6.07, 6.45) is 5.63. The number of anilines is 2. The molecule has 0 aliphatic heterocycles. The second-order valence-electron chi connectivity index (χ2n) is 6.51. The van der Waals surface area contributed by atoms with Gasteiger partial charge in [0.15, 0.2) is 0 Å². The van der Waals surface area contributed by atoms with Gasteiger partial charge in [-0.05, 0) is 18.1 Å². The van der Waals surface area contributed by atoms with Gasteiger partial charge >= 0.3 is 5.97 Å². The van der Waals surface area contributed by atoms with Gasteiger partial charge in [0, 0.05) is 55.5 Å². The summed E-state index contributed by atoms with van der Waals surface area (Å²) in [5.41, 5.74) is 7.12.